The molecule has 0 radical (unpaired) electrons. The first-order valence-electron chi connectivity index (χ1n) is 7.01. The fourth-order valence-corrected chi connectivity index (χ4v) is 2.38. The summed E-state index contributed by atoms with van der Waals surface area (Å²) in [4.78, 5) is 23.2. The number of hydrogen-bond acceptors (Lipinski definition) is 3. The van der Waals surface area contributed by atoms with Gasteiger partial charge in [0.15, 0.2) is 6.04 Å². The van der Waals surface area contributed by atoms with Gasteiger partial charge in [-0.15, -0.1) is 0 Å². The maximum Gasteiger partial charge on any atom is 0.330 e. The summed E-state index contributed by atoms with van der Waals surface area (Å²) in [5, 5.41) is 14.4. The molecule has 2 amide bonds. The highest BCUT2D eigenvalue weighted by molar-refractivity contribution is 5.83. The molecule has 3 atom stereocenters. The first-order chi connectivity index (χ1) is 10.1. The summed E-state index contributed by atoms with van der Waals surface area (Å²) in [6.07, 6.45) is 1.03. The van der Waals surface area contributed by atoms with Gasteiger partial charge in [0.2, 0.25) is 0 Å². The van der Waals surface area contributed by atoms with Crippen molar-refractivity contribution >= 4 is 12.0 Å². The van der Waals surface area contributed by atoms with E-state index in [0.29, 0.717) is 18.7 Å². The average molecular weight is 292 g/mol. The van der Waals surface area contributed by atoms with E-state index in [1.807, 2.05) is 6.92 Å². The average Bonchev–Trinajstić information content (AvgIpc) is 2.88. The highest BCUT2D eigenvalue weighted by atomic mass is 16.5. The van der Waals surface area contributed by atoms with Gasteiger partial charge in [-0.2, -0.15) is 0 Å². The van der Waals surface area contributed by atoms with E-state index >= 15 is 0 Å². The predicted molar refractivity (Wildman–Crippen MR) is 76.9 cm³/mol. The van der Waals surface area contributed by atoms with Crippen molar-refractivity contribution in [3.63, 3.8) is 0 Å². The van der Waals surface area contributed by atoms with Crippen molar-refractivity contribution in [3.8, 4) is 0 Å². The number of carboxylic acid groups (broad SMARTS) is 1. The fraction of sp³-hybridized carbons (Fsp3) is 0.467. The van der Waals surface area contributed by atoms with E-state index in [2.05, 4.69) is 10.6 Å². The SMILES string of the molecule is CC1OCCC1CNC(=O)NC(C(=O)O)c1ccccc1. The minimum absolute atomic E-state index is 0.120. The van der Waals surface area contributed by atoms with Crippen LogP contribution in [-0.4, -0.2) is 36.4 Å². The Kier molecular flexibility index (Phi) is 5.16. The van der Waals surface area contributed by atoms with Crippen molar-refractivity contribution in [2.24, 2.45) is 5.92 Å². The molecule has 1 aromatic carbocycles. The fourth-order valence-electron chi connectivity index (χ4n) is 2.38. The van der Waals surface area contributed by atoms with Crippen LogP contribution in [0.2, 0.25) is 0 Å². The molecule has 0 saturated carbocycles. The van der Waals surface area contributed by atoms with Gasteiger partial charge in [-0.05, 0) is 18.9 Å². The van der Waals surface area contributed by atoms with E-state index in [4.69, 9.17) is 4.74 Å². The predicted octanol–water partition coefficient (Wildman–Crippen LogP) is 1.54. The molecule has 0 bridgehead atoms. The second-order valence-corrected chi connectivity index (χ2v) is 5.16. The third kappa shape index (κ3) is 4.19. The highest BCUT2D eigenvalue weighted by Crippen LogP contribution is 2.19. The van der Waals surface area contributed by atoms with Gasteiger partial charge in [0, 0.05) is 19.1 Å². The summed E-state index contributed by atoms with van der Waals surface area (Å²) in [6, 6.07) is 7.08. The van der Waals surface area contributed by atoms with Crippen LogP contribution >= 0.6 is 0 Å². The van der Waals surface area contributed by atoms with Crippen molar-refractivity contribution in [1.29, 1.82) is 0 Å². The maximum absolute atomic E-state index is 11.9. The third-order valence-electron chi connectivity index (χ3n) is 3.71. The molecular weight excluding hydrogens is 272 g/mol. The molecule has 1 fully saturated rings. The van der Waals surface area contributed by atoms with Gasteiger partial charge in [0.25, 0.3) is 0 Å². The number of carboxylic acids is 1. The van der Waals surface area contributed by atoms with Crippen LogP contribution < -0.4 is 10.6 Å². The molecule has 0 aromatic heterocycles. The van der Waals surface area contributed by atoms with E-state index in [1.165, 1.54) is 0 Å². The second kappa shape index (κ2) is 7.08. The van der Waals surface area contributed by atoms with E-state index in [1.54, 1.807) is 30.3 Å². The van der Waals surface area contributed by atoms with Gasteiger partial charge in [-0.3, -0.25) is 0 Å². The minimum atomic E-state index is -1.09. The molecule has 1 aliphatic heterocycles. The Morgan fingerprint density at radius 1 is 1.38 bits per heavy atom. The van der Waals surface area contributed by atoms with Crippen molar-refractivity contribution < 1.29 is 19.4 Å². The molecule has 2 rings (SSSR count). The van der Waals surface area contributed by atoms with E-state index in [9.17, 15) is 14.7 Å². The number of rotatable bonds is 5. The van der Waals surface area contributed by atoms with E-state index in [0.717, 1.165) is 6.42 Å². The van der Waals surface area contributed by atoms with Gasteiger partial charge in [-0.25, -0.2) is 9.59 Å². The number of urea groups is 1. The largest absolute Gasteiger partial charge is 0.479 e. The number of benzene rings is 1. The Hall–Kier alpha value is -2.08. The first-order valence-corrected chi connectivity index (χ1v) is 7.01. The normalized spacial score (nSPS) is 22.5. The number of carbonyl (C=O) groups is 2. The zero-order chi connectivity index (χ0) is 15.2. The van der Waals surface area contributed by atoms with E-state index in [-0.39, 0.29) is 12.0 Å². The quantitative estimate of drug-likeness (QED) is 0.768. The van der Waals surface area contributed by atoms with Crippen LogP contribution in [0.3, 0.4) is 0 Å². The summed E-state index contributed by atoms with van der Waals surface area (Å²) in [7, 11) is 0. The van der Waals surface area contributed by atoms with Crippen LogP contribution in [0.25, 0.3) is 0 Å². The van der Waals surface area contributed by atoms with E-state index < -0.39 is 18.0 Å². The lowest BCUT2D eigenvalue weighted by Gasteiger charge is -2.18. The summed E-state index contributed by atoms with van der Waals surface area (Å²) in [5.74, 6) is -0.815. The molecule has 114 valence electrons. The highest BCUT2D eigenvalue weighted by Gasteiger charge is 2.26. The Bertz CT molecular complexity index is 492. The summed E-state index contributed by atoms with van der Waals surface area (Å²) in [6.45, 7) is 3.16. The topological polar surface area (TPSA) is 87.7 Å². The van der Waals surface area contributed by atoms with Crippen LogP contribution in [0.15, 0.2) is 30.3 Å². The van der Waals surface area contributed by atoms with Crippen LogP contribution in [0.1, 0.15) is 24.9 Å². The number of aliphatic carboxylic acids is 1. The van der Waals surface area contributed by atoms with Crippen molar-refractivity contribution in [3.05, 3.63) is 35.9 Å². The van der Waals surface area contributed by atoms with Gasteiger partial charge in [-0.1, -0.05) is 30.3 Å². The standard InChI is InChI=1S/C15H20N2O4/c1-10-12(7-8-21-10)9-16-15(20)17-13(14(18)19)11-5-3-2-4-6-11/h2-6,10,12-13H,7-9H2,1H3,(H,18,19)(H2,16,17,20). The lowest BCUT2D eigenvalue weighted by Crippen LogP contribution is -2.43. The Morgan fingerprint density at radius 3 is 2.67 bits per heavy atom. The molecule has 3 unspecified atom stereocenters. The molecule has 1 heterocycles. The van der Waals surface area contributed by atoms with Crippen molar-refractivity contribution in [1.82, 2.24) is 10.6 Å². The zero-order valence-corrected chi connectivity index (χ0v) is 11.9. The van der Waals surface area contributed by atoms with Crippen LogP contribution in [0.5, 0.6) is 0 Å². The molecule has 1 saturated heterocycles. The minimum Gasteiger partial charge on any atom is -0.479 e. The summed E-state index contributed by atoms with van der Waals surface area (Å²) >= 11 is 0. The van der Waals surface area contributed by atoms with Gasteiger partial charge in [0.1, 0.15) is 0 Å². The summed E-state index contributed by atoms with van der Waals surface area (Å²) in [5.41, 5.74) is 0.540. The molecular formula is C15H20N2O4. The number of hydrogen-bond donors (Lipinski definition) is 3. The Morgan fingerprint density at radius 2 is 2.10 bits per heavy atom. The molecule has 6 heteroatoms. The number of amides is 2. The monoisotopic (exact) mass is 292 g/mol. The molecule has 21 heavy (non-hydrogen) atoms. The molecule has 0 spiro atoms. The lowest BCUT2D eigenvalue weighted by molar-refractivity contribution is -0.139. The molecule has 1 aromatic rings. The third-order valence-corrected chi connectivity index (χ3v) is 3.71. The van der Waals surface area contributed by atoms with Crippen molar-refractivity contribution in [2.75, 3.05) is 13.2 Å². The Labute approximate surface area is 123 Å². The summed E-state index contributed by atoms with van der Waals surface area (Å²) < 4.78 is 5.42. The molecule has 0 aliphatic carbocycles. The van der Waals surface area contributed by atoms with Gasteiger partial charge >= 0.3 is 12.0 Å². The smallest absolute Gasteiger partial charge is 0.330 e. The van der Waals surface area contributed by atoms with Crippen LogP contribution in [0, 0.1) is 5.92 Å². The Balaban J connectivity index is 1.88. The second-order valence-electron chi connectivity index (χ2n) is 5.16. The molecule has 6 nitrogen and oxygen atoms in total. The number of carbonyl (C=O) groups excluding carboxylic acids is 1. The maximum atomic E-state index is 11.9. The van der Waals surface area contributed by atoms with Crippen molar-refractivity contribution in [2.45, 2.75) is 25.5 Å². The lowest BCUT2D eigenvalue weighted by atomic mass is 10.0. The molecule has 3 N–H and O–H groups in total. The van der Waals surface area contributed by atoms with Crippen LogP contribution in [-0.2, 0) is 9.53 Å². The molecule has 1 aliphatic rings. The number of ether oxygens (including phenoxy) is 1. The van der Waals surface area contributed by atoms with Gasteiger partial charge < -0.3 is 20.5 Å². The first kappa shape index (κ1) is 15.3. The van der Waals surface area contributed by atoms with Crippen LogP contribution in [0.4, 0.5) is 4.79 Å². The number of nitrogens with one attached hydrogen (secondary N) is 2. The van der Waals surface area contributed by atoms with Gasteiger partial charge in [0.05, 0.1) is 6.10 Å². The zero-order valence-electron chi connectivity index (χ0n) is 11.9.